The van der Waals surface area contributed by atoms with Crippen molar-refractivity contribution in [1.29, 1.82) is 0 Å². The van der Waals surface area contributed by atoms with Gasteiger partial charge in [0.2, 0.25) is 5.91 Å². The largest absolute Gasteiger partial charge is 0.392 e. The number of carbonyl (C=O) groups excluding carboxylic acids is 2. The van der Waals surface area contributed by atoms with Crippen LogP contribution in [0.25, 0.3) is 21.2 Å². The third-order valence-corrected chi connectivity index (χ3v) is 9.58. The van der Waals surface area contributed by atoms with Gasteiger partial charge >= 0.3 is 0 Å². The second kappa shape index (κ2) is 12.3. The van der Waals surface area contributed by atoms with Crippen molar-refractivity contribution in [2.75, 3.05) is 18.4 Å². The van der Waals surface area contributed by atoms with Crippen LogP contribution < -0.4 is 10.6 Å². The van der Waals surface area contributed by atoms with Crippen LogP contribution >= 0.6 is 22.9 Å². The molecule has 2 fully saturated rings. The molecule has 2 amide bonds. The molecule has 212 valence electrons. The number of β-amino-alcohol motifs (C(OH)–C–C–N with tert-alkyl or cyclic N) is 1. The Morgan fingerprint density at radius 3 is 2.59 bits per heavy atom. The van der Waals surface area contributed by atoms with Crippen molar-refractivity contribution in [2.24, 2.45) is 5.92 Å². The van der Waals surface area contributed by atoms with E-state index in [0.717, 1.165) is 72.1 Å². The number of amides is 2. The van der Waals surface area contributed by atoms with E-state index in [9.17, 15) is 14.7 Å². The summed E-state index contributed by atoms with van der Waals surface area (Å²) >= 11 is 7.54. The van der Waals surface area contributed by atoms with E-state index in [2.05, 4.69) is 33.7 Å². The Balaban J connectivity index is 1.11. The van der Waals surface area contributed by atoms with Crippen LogP contribution in [0.2, 0.25) is 5.02 Å². The minimum Gasteiger partial charge on any atom is -0.392 e. The summed E-state index contributed by atoms with van der Waals surface area (Å²) in [6.45, 7) is 2.42. The fourth-order valence-corrected chi connectivity index (χ4v) is 7.32. The van der Waals surface area contributed by atoms with E-state index >= 15 is 0 Å². The Morgan fingerprint density at radius 1 is 0.976 bits per heavy atom. The van der Waals surface area contributed by atoms with Crippen LogP contribution in [0.15, 0.2) is 72.8 Å². The fourth-order valence-electron chi connectivity index (χ4n) is 6.08. The molecular formula is C33H34ClN3O3S. The Bertz CT molecular complexity index is 1550. The fraction of sp³-hybridized carbons (Fsp3) is 0.333. The molecular weight excluding hydrogens is 554 g/mol. The average Bonchev–Trinajstić information content (AvgIpc) is 3.59. The van der Waals surface area contributed by atoms with Crippen molar-refractivity contribution in [3.63, 3.8) is 0 Å². The van der Waals surface area contributed by atoms with Crippen LogP contribution in [-0.2, 0) is 11.3 Å². The number of nitrogens with zero attached hydrogens (tertiary/aromatic N) is 1. The van der Waals surface area contributed by atoms with Gasteiger partial charge in [-0.15, -0.1) is 11.3 Å². The summed E-state index contributed by atoms with van der Waals surface area (Å²) < 4.78 is 0.974. The lowest BCUT2D eigenvalue weighted by Gasteiger charge is -2.31. The normalized spacial score (nSPS) is 21.2. The summed E-state index contributed by atoms with van der Waals surface area (Å²) in [5, 5.41) is 17.8. The number of nitrogens with one attached hydrogen (secondary N) is 2. The summed E-state index contributed by atoms with van der Waals surface area (Å²) in [6.07, 6.45) is 4.07. The highest BCUT2D eigenvalue weighted by molar-refractivity contribution is 7.20. The number of anilines is 1. The van der Waals surface area contributed by atoms with Gasteiger partial charge in [0.15, 0.2) is 0 Å². The lowest BCUT2D eigenvalue weighted by Crippen LogP contribution is -2.46. The van der Waals surface area contributed by atoms with Crippen molar-refractivity contribution in [2.45, 2.75) is 50.8 Å². The van der Waals surface area contributed by atoms with Crippen LogP contribution in [0.5, 0.6) is 0 Å². The first-order chi connectivity index (χ1) is 19.9. The van der Waals surface area contributed by atoms with E-state index in [1.54, 1.807) is 0 Å². The monoisotopic (exact) mass is 587 g/mol. The maximum absolute atomic E-state index is 13.4. The molecule has 8 heteroatoms. The molecule has 3 N–H and O–H groups in total. The SMILES string of the molecule is O=C(N[C@@H]1CCCC[C@@H]1C(=O)Nc1ccc(-c2ccccc2CN2CCC(O)C2)cc1)c1cc2ccc(Cl)cc2s1. The number of thiophene rings is 1. The Hall–Kier alpha value is -3.23. The van der Waals surface area contributed by atoms with Crippen LogP contribution in [0.3, 0.4) is 0 Å². The summed E-state index contributed by atoms with van der Waals surface area (Å²) in [5.41, 5.74) is 4.22. The molecule has 41 heavy (non-hydrogen) atoms. The molecule has 2 aliphatic rings. The number of hydrogen-bond donors (Lipinski definition) is 3. The predicted molar refractivity (Wildman–Crippen MR) is 166 cm³/mol. The standard InChI is InChI=1S/C33H34ClN3O3S/c34-24-12-9-22-17-31(41-30(22)18-24)33(40)36-29-8-4-3-7-28(29)32(39)35-25-13-10-21(11-14-25)27-6-2-1-5-23(27)19-37-16-15-26(38)20-37/h1-2,5-6,9-14,17-18,26,28-29,38H,3-4,7-8,15-16,19-20H2,(H,35,39)(H,36,40)/t26?,28-,29+/m0/s1. The number of likely N-dealkylation sites (tertiary alicyclic amines) is 1. The maximum Gasteiger partial charge on any atom is 0.261 e. The van der Waals surface area contributed by atoms with E-state index in [-0.39, 0.29) is 29.9 Å². The van der Waals surface area contributed by atoms with Gasteiger partial charge in [-0.3, -0.25) is 14.5 Å². The van der Waals surface area contributed by atoms with Crippen molar-refractivity contribution >= 4 is 50.5 Å². The van der Waals surface area contributed by atoms with E-state index in [4.69, 9.17) is 11.6 Å². The molecule has 1 saturated heterocycles. The molecule has 3 atom stereocenters. The number of benzene rings is 3. The molecule has 1 unspecified atom stereocenters. The number of hydrogen-bond acceptors (Lipinski definition) is 5. The zero-order valence-corrected chi connectivity index (χ0v) is 24.4. The van der Waals surface area contributed by atoms with Crippen molar-refractivity contribution < 1.29 is 14.7 Å². The molecule has 6 nitrogen and oxygen atoms in total. The summed E-state index contributed by atoms with van der Waals surface area (Å²) in [5.74, 6) is -0.481. The molecule has 1 aromatic heterocycles. The molecule has 1 saturated carbocycles. The zero-order chi connectivity index (χ0) is 28.3. The van der Waals surface area contributed by atoms with Crippen LogP contribution in [0, 0.1) is 5.92 Å². The second-order valence-electron chi connectivity index (χ2n) is 11.2. The quantitative estimate of drug-likeness (QED) is 0.224. The maximum atomic E-state index is 13.4. The van der Waals surface area contributed by atoms with Crippen molar-refractivity contribution in [1.82, 2.24) is 10.2 Å². The predicted octanol–water partition coefficient (Wildman–Crippen LogP) is 6.72. The van der Waals surface area contributed by atoms with Crippen LogP contribution in [0.4, 0.5) is 5.69 Å². The lowest BCUT2D eigenvalue weighted by atomic mass is 9.83. The van der Waals surface area contributed by atoms with Crippen LogP contribution in [-0.4, -0.2) is 47.1 Å². The molecule has 4 aromatic rings. The van der Waals surface area contributed by atoms with Gasteiger partial charge in [0, 0.05) is 41.1 Å². The molecule has 1 aliphatic carbocycles. The molecule has 0 radical (unpaired) electrons. The lowest BCUT2D eigenvalue weighted by molar-refractivity contribution is -0.121. The minimum absolute atomic E-state index is 0.0566. The van der Waals surface area contributed by atoms with Gasteiger partial charge in [-0.2, -0.15) is 0 Å². The minimum atomic E-state index is -0.285. The van der Waals surface area contributed by atoms with Crippen LogP contribution in [0.1, 0.15) is 47.3 Å². The second-order valence-corrected chi connectivity index (χ2v) is 12.7. The smallest absolute Gasteiger partial charge is 0.261 e. The first kappa shape index (κ1) is 27.9. The van der Waals surface area contributed by atoms with Gasteiger partial charge in [-0.1, -0.05) is 66.9 Å². The summed E-state index contributed by atoms with van der Waals surface area (Å²) in [6, 6.07) is 23.6. The number of aliphatic hydroxyl groups excluding tert-OH is 1. The van der Waals surface area contributed by atoms with E-state index in [0.29, 0.717) is 16.4 Å². The molecule has 6 rings (SSSR count). The molecule has 0 bridgehead atoms. The number of rotatable bonds is 7. The average molecular weight is 588 g/mol. The Morgan fingerprint density at radius 2 is 1.78 bits per heavy atom. The third-order valence-electron chi connectivity index (χ3n) is 8.25. The Labute approximate surface area is 249 Å². The topological polar surface area (TPSA) is 81.7 Å². The molecule has 3 aromatic carbocycles. The van der Waals surface area contributed by atoms with Gasteiger partial charge in [0.25, 0.3) is 5.91 Å². The highest BCUT2D eigenvalue weighted by atomic mass is 35.5. The highest BCUT2D eigenvalue weighted by Crippen LogP contribution is 2.31. The zero-order valence-electron chi connectivity index (χ0n) is 22.8. The highest BCUT2D eigenvalue weighted by Gasteiger charge is 2.32. The summed E-state index contributed by atoms with van der Waals surface area (Å²) in [4.78, 5) is 29.5. The van der Waals surface area contributed by atoms with Gasteiger partial charge in [0.05, 0.1) is 16.9 Å². The van der Waals surface area contributed by atoms with Gasteiger partial charge in [-0.25, -0.2) is 0 Å². The number of halogens is 1. The summed E-state index contributed by atoms with van der Waals surface area (Å²) in [7, 11) is 0. The van der Waals surface area contributed by atoms with Gasteiger partial charge in [0.1, 0.15) is 0 Å². The van der Waals surface area contributed by atoms with E-state index in [1.165, 1.54) is 16.9 Å². The first-order valence-corrected chi connectivity index (χ1v) is 15.5. The Kier molecular flexibility index (Phi) is 8.40. The van der Waals surface area contributed by atoms with Gasteiger partial charge in [-0.05, 0) is 71.7 Å². The number of fused-ring (bicyclic) bond motifs is 1. The third kappa shape index (κ3) is 6.49. The molecule has 0 spiro atoms. The molecule has 1 aliphatic heterocycles. The van der Waals surface area contributed by atoms with E-state index < -0.39 is 0 Å². The van der Waals surface area contributed by atoms with Gasteiger partial charge < -0.3 is 15.7 Å². The first-order valence-electron chi connectivity index (χ1n) is 14.3. The molecule has 2 heterocycles. The van der Waals surface area contributed by atoms with Crippen molar-refractivity contribution in [3.05, 3.63) is 88.3 Å². The van der Waals surface area contributed by atoms with E-state index in [1.807, 2.05) is 54.6 Å². The number of carbonyl (C=O) groups is 2. The number of aliphatic hydroxyl groups is 1. The van der Waals surface area contributed by atoms with Crippen molar-refractivity contribution in [3.8, 4) is 11.1 Å².